The number of hydrogen-bond donors (Lipinski definition) is 1. The number of pyridine rings is 1. The standard InChI is InChI=1S/C24H25FN4O2/c1-31-20-6-5-16(12-19(20)25)14-29-11-3-8-24(15-29)9-7-18-21(24)27-22(28-23(18)30)17-4-2-10-26-13-17/h2,4-6,10,12-13H,3,7-9,11,14-15H2,1H3,(H,27,28,30). The number of fused-ring (bicyclic) bond motifs is 2. The number of aromatic amines is 1. The van der Waals surface area contributed by atoms with Gasteiger partial charge in [0.1, 0.15) is 5.82 Å². The molecule has 1 aliphatic carbocycles. The highest BCUT2D eigenvalue weighted by molar-refractivity contribution is 5.54. The molecule has 3 aromatic rings. The van der Waals surface area contributed by atoms with E-state index >= 15 is 0 Å². The monoisotopic (exact) mass is 420 g/mol. The predicted octanol–water partition coefficient (Wildman–Crippen LogP) is 3.46. The van der Waals surface area contributed by atoms with Crippen molar-refractivity contribution in [1.82, 2.24) is 19.9 Å². The zero-order valence-corrected chi connectivity index (χ0v) is 17.5. The van der Waals surface area contributed by atoms with Gasteiger partial charge in [-0.05, 0) is 62.1 Å². The average Bonchev–Trinajstić information content (AvgIpc) is 3.12. The molecule has 0 amide bonds. The van der Waals surface area contributed by atoms with Crippen molar-refractivity contribution < 1.29 is 9.13 Å². The molecule has 3 heterocycles. The van der Waals surface area contributed by atoms with Gasteiger partial charge in [0.2, 0.25) is 0 Å². The van der Waals surface area contributed by atoms with E-state index < -0.39 is 0 Å². The van der Waals surface area contributed by atoms with E-state index in [9.17, 15) is 9.18 Å². The highest BCUT2D eigenvalue weighted by Crippen LogP contribution is 2.43. The molecule has 1 N–H and O–H groups in total. The molecule has 6 nitrogen and oxygen atoms in total. The SMILES string of the molecule is COc1ccc(CN2CCCC3(CCc4c3nc(-c3cccnc3)[nH]c4=O)C2)cc1F. The lowest BCUT2D eigenvalue weighted by atomic mass is 9.77. The molecule has 2 aromatic heterocycles. The van der Waals surface area contributed by atoms with Crippen molar-refractivity contribution in [3.05, 3.63) is 75.7 Å². The molecule has 0 saturated carbocycles. The molecule has 1 saturated heterocycles. The number of piperidine rings is 1. The molecule has 2 aliphatic rings. The maximum absolute atomic E-state index is 14.1. The van der Waals surface area contributed by atoms with Gasteiger partial charge in [-0.15, -0.1) is 0 Å². The number of aromatic nitrogens is 3. The number of hydrogen-bond acceptors (Lipinski definition) is 5. The van der Waals surface area contributed by atoms with E-state index in [2.05, 4.69) is 14.9 Å². The van der Waals surface area contributed by atoms with Crippen molar-refractivity contribution in [2.24, 2.45) is 0 Å². The molecule has 0 bridgehead atoms. The van der Waals surface area contributed by atoms with E-state index in [0.717, 1.165) is 61.2 Å². The van der Waals surface area contributed by atoms with Gasteiger partial charge in [-0.1, -0.05) is 6.07 Å². The third-order valence-electron chi connectivity index (χ3n) is 6.58. The first-order valence-corrected chi connectivity index (χ1v) is 10.7. The molecule has 5 rings (SSSR count). The molecule has 1 aromatic carbocycles. The molecule has 31 heavy (non-hydrogen) atoms. The second-order valence-corrected chi connectivity index (χ2v) is 8.55. The number of ether oxygens (including phenoxy) is 1. The Morgan fingerprint density at radius 2 is 2.19 bits per heavy atom. The van der Waals surface area contributed by atoms with Crippen LogP contribution >= 0.6 is 0 Å². The van der Waals surface area contributed by atoms with Gasteiger partial charge in [-0.2, -0.15) is 0 Å². The van der Waals surface area contributed by atoms with Crippen molar-refractivity contribution in [1.29, 1.82) is 0 Å². The first kappa shape index (κ1) is 19.9. The number of likely N-dealkylation sites (tertiary alicyclic amines) is 1. The van der Waals surface area contributed by atoms with Crippen molar-refractivity contribution in [2.75, 3.05) is 20.2 Å². The molecule has 160 valence electrons. The topological polar surface area (TPSA) is 71.1 Å². The third-order valence-corrected chi connectivity index (χ3v) is 6.58. The van der Waals surface area contributed by atoms with Crippen LogP contribution in [0.5, 0.6) is 5.75 Å². The van der Waals surface area contributed by atoms with Crippen LogP contribution in [0.3, 0.4) is 0 Å². The smallest absolute Gasteiger partial charge is 0.254 e. The van der Waals surface area contributed by atoms with Gasteiger partial charge in [-0.3, -0.25) is 14.7 Å². The van der Waals surface area contributed by atoms with Crippen LogP contribution in [0.4, 0.5) is 4.39 Å². The van der Waals surface area contributed by atoms with Crippen LogP contribution in [-0.4, -0.2) is 40.1 Å². The fourth-order valence-corrected chi connectivity index (χ4v) is 5.12. The third kappa shape index (κ3) is 3.63. The van der Waals surface area contributed by atoms with E-state index in [1.165, 1.54) is 7.11 Å². The number of rotatable bonds is 4. The molecular weight excluding hydrogens is 395 g/mol. The zero-order chi connectivity index (χ0) is 21.4. The lowest BCUT2D eigenvalue weighted by molar-refractivity contribution is 0.136. The maximum atomic E-state index is 14.1. The number of methoxy groups -OCH3 is 1. The van der Waals surface area contributed by atoms with Gasteiger partial charge >= 0.3 is 0 Å². The second kappa shape index (κ2) is 7.89. The highest BCUT2D eigenvalue weighted by Gasteiger charge is 2.44. The average molecular weight is 420 g/mol. The summed E-state index contributed by atoms with van der Waals surface area (Å²) in [5.74, 6) is 0.495. The van der Waals surface area contributed by atoms with Gasteiger partial charge in [0.05, 0.1) is 12.8 Å². The Balaban J connectivity index is 1.44. The van der Waals surface area contributed by atoms with Crippen LogP contribution in [0.25, 0.3) is 11.4 Å². The lowest BCUT2D eigenvalue weighted by Gasteiger charge is -2.40. The van der Waals surface area contributed by atoms with Crippen LogP contribution in [0.1, 0.15) is 36.1 Å². The maximum Gasteiger partial charge on any atom is 0.254 e. The molecule has 0 radical (unpaired) electrons. The molecular formula is C24H25FN4O2. The Kier molecular flexibility index (Phi) is 5.06. The quantitative estimate of drug-likeness (QED) is 0.700. The Morgan fingerprint density at radius 1 is 1.29 bits per heavy atom. The largest absolute Gasteiger partial charge is 0.494 e. The minimum atomic E-state index is -0.341. The Bertz CT molecular complexity index is 1160. The fourth-order valence-electron chi connectivity index (χ4n) is 5.12. The van der Waals surface area contributed by atoms with Crippen molar-refractivity contribution in [3.63, 3.8) is 0 Å². The Hall–Kier alpha value is -3.06. The van der Waals surface area contributed by atoms with Crippen molar-refractivity contribution in [2.45, 2.75) is 37.6 Å². The van der Waals surface area contributed by atoms with Crippen molar-refractivity contribution >= 4 is 0 Å². The number of nitrogens with one attached hydrogen (secondary N) is 1. The number of H-pyrrole nitrogens is 1. The minimum Gasteiger partial charge on any atom is -0.494 e. The summed E-state index contributed by atoms with van der Waals surface area (Å²) in [6, 6.07) is 8.89. The molecule has 1 aliphatic heterocycles. The first-order valence-electron chi connectivity index (χ1n) is 10.7. The van der Waals surface area contributed by atoms with Gasteiger partial charge in [0.25, 0.3) is 5.56 Å². The van der Waals surface area contributed by atoms with Crippen LogP contribution < -0.4 is 10.3 Å². The van der Waals surface area contributed by atoms with Gasteiger partial charge in [-0.25, -0.2) is 9.37 Å². The lowest BCUT2D eigenvalue weighted by Crippen LogP contribution is -2.45. The zero-order valence-electron chi connectivity index (χ0n) is 17.5. The normalized spacial score (nSPS) is 20.7. The van der Waals surface area contributed by atoms with E-state index in [1.807, 2.05) is 18.2 Å². The van der Waals surface area contributed by atoms with Gasteiger partial charge in [0.15, 0.2) is 11.6 Å². The highest BCUT2D eigenvalue weighted by atomic mass is 19.1. The van der Waals surface area contributed by atoms with Crippen LogP contribution in [0.2, 0.25) is 0 Å². The summed E-state index contributed by atoms with van der Waals surface area (Å²) in [6.45, 7) is 2.43. The van der Waals surface area contributed by atoms with Crippen molar-refractivity contribution in [3.8, 4) is 17.1 Å². The van der Waals surface area contributed by atoms with Crippen LogP contribution in [0.15, 0.2) is 47.5 Å². The number of nitrogens with zero attached hydrogens (tertiary/aromatic N) is 3. The van der Waals surface area contributed by atoms with Gasteiger partial charge in [0, 0.05) is 42.0 Å². The number of halogens is 1. The fraction of sp³-hybridized carbons (Fsp3) is 0.375. The van der Waals surface area contributed by atoms with Crippen LogP contribution in [0, 0.1) is 5.82 Å². The van der Waals surface area contributed by atoms with E-state index in [4.69, 9.17) is 9.72 Å². The molecule has 1 unspecified atom stereocenters. The summed E-state index contributed by atoms with van der Waals surface area (Å²) >= 11 is 0. The van der Waals surface area contributed by atoms with E-state index in [1.54, 1.807) is 24.5 Å². The molecule has 7 heteroatoms. The molecule has 1 fully saturated rings. The summed E-state index contributed by atoms with van der Waals surface area (Å²) in [5, 5.41) is 0. The van der Waals surface area contributed by atoms with E-state index in [-0.39, 0.29) is 22.5 Å². The summed E-state index contributed by atoms with van der Waals surface area (Å²) in [7, 11) is 1.47. The Labute approximate surface area is 180 Å². The van der Waals surface area contributed by atoms with Crippen LogP contribution in [-0.2, 0) is 18.4 Å². The molecule has 1 atom stereocenters. The molecule has 1 spiro atoms. The first-order chi connectivity index (χ1) is 15.1. The number of benzene rings is 1. The Morgan fingerprint density at radius 3 is 2.97 bits per heavy atom. The predicted molar refractivity (Wildman–Crippen MR) is 116 cm³/mol. The van der Waals surface area contributed by atoms with E-state index in [0.29, 0.717) is 12.4 Å². The van der Waals surface area contributed by atoms with Gasteiger partial charge < -0.3 is 9.72 Å². The summed E-state index contributed by atoms with van der Waals surface area (Å²) in [5.41, 5.74) is 3.29. The minimum absolute atomic E-state index is 0.0462. The summed E-state index contributed by atoms with van der Waals surface area (Å²) in [6.07, 6.45) is 7.12. The summed E-state index contributed by atoms with van der Waals surface area (Å²) in [4.78, 5) is 27.2. The summed E-state index contributed by atoms with van der Waals surface area (Å²) < 4.78 is 19.2. The second-order valence-electron chi connectivity index (χ2n) is 8.55.